The van der Waals surface area contributed by atoms with Crippen molar-refractivity contribution >= 4 is 23.5 Å². The highest BCUT2D eigenvalue weighted by atomic mass is 16.6. The van der Waals surface area contributed by atoms with Crippen LogP contribution in [0.25, 0.3) is 11.5 Å². The normalized spacial score (nSPS) is 11.5. The smallest absolute Gasteiger partial charge is 0.343 e. The van der Waals surface area contributed by atoms with Crippen molar-refractivity contribution in [1.29, 1.82) is 0 Å². The molecule has 4 aromatic carbocycles. The fourth-order valence-corrected chi connectivity index (χ4v) is 4.60. The maximum atomic E-state index is 13.5. The number of hydrogen-bond donors (Lipinski definition) is 0. The number of carbonyl (C=O) groups is 2. The van der Waals surface area contributed by atoms with Crippen molar-refractivity contribution < 1.29 is 19.1 Å². The van der Waals surface area contributed by atoms with Gasteiger partial charge in [-0.3, -0.25) is 0 Å². The van der Waals surface area contributed by atoms with Gasteiger partial charge in [0.05, 0.1) is 11.1 Å². The Bertz CT molecular complexity index is 1380. The molecule has 4 nitrogen and oxygen atoms in total. The second kappa shape index (κ2) is 13.6. The van der Waals surface area contributed by atoms with E-state index in [1.54, 1.807) is 24.3 Å². The van der Waals surface area contributed by atoms with Crippen molar-refractivity contribution in [2.75, 3.05) is 0 Å². The van der Waals surface area contributed by atoms with E-state index in [4.69, 9.17) is 9.47 Å². The van der Waals surface area contributed by atoms with Crippen molar-refractivity contribution in [3.63, 3.8) is 0 Å². The molecule has 4 rings (SSSR count). The van der Waals surface area contributed by atoms with Crippen LogP contribution in [0.5, 0.6) is 0 Å². The van der Waals surface area contributed by atoms with Crippen LogP contribution in [0, 0.1) is 13.8 Å². The Morgan fingerprint density at radius 2 is 0.875 bits per heavy atom. The molecule has 0 atom stereocenters. The second-order valence-corrected chi connectivity index (χ2v) is 9.96. The molecule has 0 saturated carbocycles. The number of carbonyl (C=O) groups excluding carboxylic acids is 2. The second-order valence-electron chi connectivity index (χ2n) is 9.96. The molecule has 0 radical (unpaired) electrons. The first-order valence-corrected chi connectivity index (χ1v) is 13.9. The maximum Gasteiger partial charge on any atom is 0.343 e. The third-order valence-electron chi connectivity index (χ3n) is 6.83. The summed E-state index contributed by atoms with van der Waals surface area (Å²) in [7, 11) is 0. The fraction of sp³-hybridized carbons (Fsp3) is 0.222. The van der Waals surface area contributed by atoms with E-state index in [1.165, 1.54) is 0 Å². The molecule has 4 aromatic rings. The summed E-state index contributed by atoms with van der Waals surface area (Å²) in [6, 6.07) is 30.1. The van der Waals surface area contributed by atoms with E-state index in [0.717, 1.165) is 47.9 Å². The van der Waals surface area contributed by atoms with E-state index in [0.29, 0.717) is 22.3 Å². The molecule has 0 aliphatic rings. The molecule has 0 bridgehead atoms. The van der Waals surface area contributed by atoms with Crippen molar-refractivity contribution in [1.82, 2.24) is 0 Å². The van der Waals surface area contributed by atoms with Gasteiger partial charge in [-0.2, -0.15) is 0 Å². The first-order valence-electron chi connectivity index (χ1n) is 13.9. The van der Waals surface area contributed by atoms with Crippen molar-refractivity contribution in [2.24, 2.45) is 0 Å². The van der Waals surface area contributed by atoms with Crippen LogP contribution in [0.4, 0.5) is 0 Å². The molecule has 0 aliphatic carbocycles. The first kappa shape index (κ1) is 28.6. The van der Waals surface area contributed by atoms with E-state index in [-0.39, 0.29) is 11.5 Å². The van der Waals surface area contributed by atoms with Crippen LogP contribution in [0.2, 0.25) is 0 Å². The predicted octanol–water partition coefficient (Wildman–Crippen LogP) is 8.75. The number of rotatable bonds is 10. The molecule has 0 N–H and O–H groups in total. The lowest BCUT2D eigenvalue weighted by molar-refractivity contribution is 0.0646. The molecule has 4 heteroatoms. The minimum Gasteiger partial charge on any atom is -0.418 e. The molecule has 40 heavy (non-hydrogen) atoms. The number of ether oxygens (including phenoxy) is 2. The van der Waals surface area contributed by atoms with Gasteiger partial charge in [0.25, 0.3) is 0 Å². The minimum absolute atomic E-state index is 0.200. The summed E-state index contributed by atoms with van der Waals surface area (Å²) in [6.45, 7) is 8.11. The summed E-state index contributed by atoms with van der Waals surface area (Å²) in [5.74, 6) is -0.642. The molecule has 0 amide bonds. The summed E-state index contributed by atoms with van der Waals surface area (Å²) in [4.78, 5) is 27.0. The third kappa shape index (κ3) is 6.95. The van der Waals surface area contributed by atoms with Crippen LogP contribution in [-0.2, 0) is 22.3 Å². The zero-order chi connectivity index (χ0) is 28.5. The third-order valence-corrected chi connectivity index (χ3v) is 6.83. The highest BCUT2D eigenvalue weighted by Crippen LogP contribution is 2.33. The Balaban J connectivity index is 1.82. The summed E-state index contributed by atoms with van der Waals surface area (Å²) in [6.07, 6.45) is 3.93. The number of benzene rings is 4. The van der Waals surface area contributed by atoms with E-state index in [2.05, 4.69) is 13.8 Å². The van der Waals surface area contributed by atoms with Gasteiger partial charge in [0.15, 0.2) is 11.5 Å². The number of esters is 2. The molecule has 0 fully saturated rings. The van der Waals surface area contributed by atoms with Crippen LogP contribution in [0.15, 0.2) is 97.1 Å². The lowest BCUT2D eigenvalue weighted by Gasteiger charge is -2.19. The summed E-state index contributed by atoms with van der Waals surface area (Å²) < 4.78 is 12.3. The topological polar surface area (TPSA) is 52.6 Å². The maximum absolute atomic E-state index is 13.5. The Morgan fingerprint density at radius 1 is 0.525 bits per heavy atom. The zero-order valence-electron chi connectivity index (χ0n) is 23.7. The summed E-state index contributed by atoms with van der Waals surface area (Å²) in [5, 5.41) is 0. The van der Waals surface area contributed by atoms with Crippen molar-refractivity contribution in [3.8, 4) is 0 Å². The monoisotopic (exact) mass is 532 g/mol. The highest BCUT2D eigenvalue weighted by Gasteiger charge is 2.25. The van der Waals surface area contributed by atoms with Gasteiger partial charge in [-0.25, -0.2) is 9.59 Å². The number of hydrogen-bond acceptors (Lipinski definition) is 4. The lowest BCUT2D eigenvalue weighted by atomic mass is 10.0. The largest absolute Gasteiger partial charge is 0.418 e. The highest BCUT2D eigenvalue weighted by molar-refractivity contribution is 6.01. The molecule has 0 spiro atoms. The van der Waals surface area contributed by atoms with Gasteiger partial charge in [-0.05, 0) is 73.2 Å². The Hall–Kier alpha value is -4.44. The standard InChI is InChI=1S/C36H36O4/c1-5-11-27-17-21-29(22-18-27)35(37)39-33(31-15-9-7-13-25(31)3)34(32-16-10-8-14-26(32)4)40-36(38)30-23-19-28(12-6-2)20-24-30/h7-10,13-24H,5-6,11-12H2,1-4H3/b34-33+. The lowest BCUT2D eigenvalue weighted by Crippen LogP contribution is -2.12. The average Bonchev–Trinajstić information content (AvgIpc) is 2.97. The van der Waals surface area contributed by atoms with Crippen LogP contribution in [-0.4, -0.2) is 11.9 Å². The minimum atomic E-state index is -0.521. The van der Waals surface area contributed by atoms with Crippen LogP contribution >= 0.6 is 0 Å². The molecule has 0 saturated heterocycles. The van der Waals surface area contributed by atoms with Gasteiger partial charge in [-0.15, -0.1) is 0 Å². The van der Waals surface area contributed by atoms with E-state index < -0.39 is 11.9 Å². The first-order chi connectivity index (χ1) is 19.4. The Kier molecular flexibility index (Phi) is 9.69. The van der Waals surface area contributed by atoms with Gasteiger partial charge in [0, 0.05) is 11.1 Å². The molecule has 0 aliphatic heterocycles. The predicted molar refractivity (Wildman–Crippen MR) is 161 cm³/mol. The van der Waals surface area contributed by atoms with Crippen molar-refractivity contribution in [3.05, 3.63) is 142 Å². The zero-order valence-corrected chi connectivity index (χ0v) is 23.7. The Labute approximate surface area is 237 Å². The van der Waals surface area contributed by atoms with Gasteiger partial charge in [-0.1, -0.05) is 99.5 Å². The van der Waals surface area contributed by atoms with Gasteiger partial charge >= 0.3 is 11.9 Å². The molecule has 0 aromatic heterocycles. The molecule has 0 unspecified atom stereocenters. The van der Waals surface area contributed by atoms with Crippen molar-refractivity contribution in [2.45, 2.75) is 53.4 Å². The van der Waals surface area contributed by atoms with Crippen LogP contribution in [0.1, 0.15) is 80.8 Å². The Morgan fingerprint density at radius 3 is 1.20 bits per heavy atom. The van der Waals surface area contributed by atoms with E-state index in [1.807, 2.05) is 86.6 Å². The molecular formula is C36H36O4. The van der Waals surface area contributed by atoms with Gasteiger partial charge in [0.1, 0.15) is 0 Å². The molecule has 204 valence electrons. The molecule has 0 heterocycles. The quantitative estimate of drug-likeness (QED) is 0.116. The van der Waals surface area contributed by atoms with Gasteiger partial charge < -0.3 is 9.47 Å². The fourth-order valence-electron chi connectivity index (χ4n) is 4.60. The summed E-state index contributed by atoms with van der Waals surface area (Å²) in [5.41, 5.74) is 6.28. The van der Waals surface area contributed by atoms with Crippen LogP contribution < -0.4 is 0 Å². The van der Waals surface area contributed by atoms with E-state index in [9.17, 15) is 9.59 Å². The molecular weight excluding hydrogens is 496 g/mol. The van der Waals surface area contributed by atoms with Crippen LogP contribution in [0.3, 0.4) is 0 Å². The SMILES string of the molecule is CCCc1ccc(C(=O)O/C(=C(/OC(=O)c2ccc(CCC)cc2)c2ccccc2C)c2ccccc2C)cc1. The van der Waals surface area contributed by atoms with E-state index >= 15 is 0 Å². The van der Waals surface area contributed by atoms with Gasteiger partial charge in [0.2, 0.25) is 0 Å². The summed E-state index contributed by atoms with van der Waals surface area (Å²) >= 11 is 0. The number of aryl methyl sites for hydroxylation is 4. The average molecular weight is 533 g/mol.